The number of piperidine rings is 1. The molecule has 4 rings (SSSR count). The highest BCUT2D eigenvalue weighted by molar-refractivity contribution is 5.94. The summed E-state index contributed by atoms with van der Waals surface area (Å²) in [7, 11) is 4.01. The van der Waals surface area contributed by atoms with Crippen molar-refractivity contribution in [2.24, 2.45) is 0 Å². The summed E-state index contributed by atoms with van der Waals surface area (Å²) in [6.45, 7) is 6.59. The molecule has 0 N–H and O–H groups in total. The minimum atomic E-state index is 0.143. The van der Waals surface area contributed by atoms with Gasteiger partial charge in [-0.1, -0.05) is 12.1 Å². The fourth-order valence-corrected chi connectivity index (χ4v) is 4.81. The van der Waals surface area contributed by atoms with E-state index < -0.39 is 0 Å². The van der Waals surface area contributed by atoms with Gasteiger partial charge in [-0.3, -0.25) is 14.6 Å². The topological polar surface area (TPSA) is 53.8 Å². The maximum Gasteiger partial charge on any atom is 0.253 e. The predicted molar refractivity (Wildman–Crippen MR) is 128 cm³/mol. The summed E-state index contributed by atoms with van der Waals surface area (Å²) in [6.07, 6.45) is 2.33. The van der Waals surface area contributed by atoms with Gasteiger partial charge in [0.05, 0.1) is 11.6 Å². The number of amides is 1. The molecule has 0 saturated carbocycles. The summed E-state index contributed by atoms with van der Waals surface area (Å²) in [5.41, 5.74) is 3.83. The molecule has 0 aromatic heterocycles. The lowest BCUT2D eigenvalue weighted by atomic mass is 10.0. The standard InChI is InChI=1S/C26H33N5O/c1-28(2)24-8-6-23(7-9-24)26(32)31-16-14-30(15-17-31)25-10-12-29(13-11-25)20-22-5-3-4-21(18-22)19-27/h3-9,18,25H,10-17,20H2,1-2H3. The zero-order chi connectivity index (χ0) is 22.5. The van der Waals surface area contributed by atoms with Crippen LogP contribution in [0.15, 0.2) is 48.5 Å². The third kappa shape index (κ3) is 5.29. The van der Waals surface area contributed by atoms with Crippen LogP contribution >= 0.6 is 0 Å². The van der Waals surface area contributed by atoms with Gasteiger partial charge in [-0.15, -0.1) is 0 Å². The Balaban J connectivity index is 1.23. The van der Waals surface area contributed by atoms with Crippen molar-refractivity contribution in [1.82, 2.24) is 14.7 Å². The van der Waals surface area contributed by atoms with Crippen LogP contribution in [0.4, 0.5) is 5.69 Å². The zero-order valence-electron chi connectivity index (χ0n) is 19.2. The normalized spacial score (nSPS) is 18.3. The van der Waals surface area contributed by atoms with E-state index in [9.17, 15) is 4.79 Å². The van der Waals surface area contributed by atoms with Crippen LogP contribution in [-0.4, -0.2) is 80.0 Å². The molecule has 2 aliphatic heterocycles. The van der Waals surface area contributed by atoms with E-state index >= 15 is 0 Å². The Bertz CT molecular complexity index is 949. The van der Waals surface area contributed by atoms with Crippen LogP contribution in [0.2, 0.25) is 0 Å². The molecule has 2 aliphatic rings. The number of hydrogen-bond donors (Lipinski definition) is 0. The van der Waals surface area contributed by atoms with Gasteiger partial charge in [-0.2, -0.15) is 5.26 Å². The first kappa shape index (κ1) is 22.3. The van der Waals surface area contributed by atoms with Crippen molar-refractivity contribution in [1.29, 1.82) is 5.26 Å². The van der Waals surface area contributed by atoms with Gasteiger partial charge in [0.25, 0.3) is 5.91 Å². The lowest BCUT2D eigenvalue weighted by Gasteiger charge is -2.42. The van der Waals surface area contributed by atoms with E-state index in [0.717, 1.165) is 75.5 Å². The average Bonchev–Trinajstić information content (AvgIpc) is 2.84. The van der Waals surface area contributed by atoms with Gasteiger partial charge in [0, 0.05) is 64.1 Å². The Morgan fingerprint density at radius 1 is 1.00 bits per heavy atom. The van der Waals surface area contributed by atoms with Gasteiger partial charge in [0.1, 0.15) is 0 Å². The van der Waals surface area contributed by atoms with E-state index in [1.54, 1.807) is 0 Å². The summed E-state index contributed by atoms with van der Waals surface area (Å²) in [6, 6.07) is 18.7. The van der Waals surface area contributed by atoms with Crippen molar-refractivity contribution in [3.63, 3.8) is 0 Å². The fourth-order valence-electron chi connectivity index (χ4n) is 4.81. The Morgan fingerprint density at radius 2 is 1.69 bits per heavy atom. The van der Waals surface area contributed by atoms with Crippen molar-refractivity contribution < 1.29 is 4.79 Å². The number of carbonyl (C=O) groups is 1. The lowest BCUT2D eigenvalue weighted by molar-refractivity contribution is 0.0445. The van der Waals surface area contributed by atoms with Crippen molar-refractivity contribution in [3.8, 4) is 6.07 Å². The minimum absolute atomic E-state index is 0.143. The second-order valence-electron chi connectivity index (χ2n) is 9.09. The SMILES string of the molecule is CN(C)c1ccc(C(=O)N2CCN(C3CCN(Cc4cccc(C#N)c4)CC3)CC2)cc1. The molecule has 0 atom stereocenters. The summed E-state index contributed by atoms with van der Waals surface area (Å²) >= 11 is 0. The Labute approximate surface area is 191 Å². The second-order valence-corrected chi connectivity index (χ2v) is 9.09. The van der Waals surface area contributed by atoms with Crippen molar-refractivity contribution >= 4 is 11.6 Å². The third-order valence-electron chi connectivity index (χ3n) is 6.77. The number of benzene rings is 2. The Kier molecular flexibility index (Phi) is 7.09. The molecular formula is C26H33N5O. The van der Waals surface area contributed by atoms with Crippen LogP contribution in [0, 0.1) is 11.3 Å². The van der Waals surface area contributed by atoms with Crippen LogP contribution in [0.25, 0.3) is 0 Å². The number of nitrogens with zero attached hydrogens (tertiary/aromatic N) is 5. The Morgan fingerprint density at radius 3 is 2.31 bits per heavy atom. The maximum absolute atomic E-state index is 12.9. The molecule has 2 heterocycles. The molecule has 6 heteroatoms. The Hall–Kier alpha value is -2.88. The molecule has 0 bridgehead atoms. The molecule has 32 heavy (non-hydrogen) atoms. The zero-order valence-corrected chi connectivity index (χ0v) is 19.2. The number of hydrogen-bond acceptors (Lipinski definition) is 5. The summed E-state index contributed by atoms with van der Waals surface area (Å²) in [4.78, 5) is 22.0. The molecule has 2 aromatic rings. The van der Waals surface area contributed by atoms with E-state index in [1.807, 2.05) is 66.4 Å². The van der Waals surface area contributed by atoms with E-state index in [1.165, 1.54) is 5.56 Å². The summed E-state index contributed by atoms with van der Waals surface area (Å²) in [5, 5.41) is 9.10. The molecule has 1 amide bonds. The number of rotatable bonds is 5. The molecule has 2 fully saturated rings. The summed E-state index contributed by atoms with van der Waals surface area (Å²) < 4.78 is 0. The molecule has 0 aliphatic carbocycles. The average molecular weight is 432 g/mol. The molecule has 6 nitrogen and oxygen atoms in total. The van der Waals surface area contributed by atoms with Crippen LogP contribution in [0.3, 0.4) is 0 Å². The predicted octanol–water partition coefficient (Wildman–Crippen LogP) is 3.05. The second kappa shape index (κ2) is 10.2. The lowest BCUT2D eigenvalue weighted by Crippen LogP contribution is -2.54. The first-order chi connectivity index (χ1) is 15.5. The molecule has 0 unspecified atom stereocenters. The molecule has 2 aromatic carbocycles. The highest BCUT2D eigenvalue weighted by atomic mass is 16.2. The molecule has 2 saturated heterocycles. The van der Waals surface area contributed by atoms with Gasteiger partial charge >= 0.3 is 0 Å². The van der Waals surface area contributed by atoms with Crippen LogP contribution in [-0.2, 0) is 6.54 Å². The van der Waals surface area contributed by atoms with E-state index in [0.29, 0.717) is 6.04 Å². The van der Waals surface area contributed by atoms with Crippen LogP contribution in [0.1, 0.15) is 34.3 Å². The molecule has 168 valence electrons. The number of anilines is 1. The van der Waals surface area contributed by atoms with E-state index in [2.05, 4.69) is 21.9 Å². The smallest absolute Gasteiger partial charge is 0.253 e. The van der Waals surface area contributed by atoms with Gasteiger partial charge in [0.2, 0.25) is 0 Å². The minimum Gasteiger partial charge on any atom is -0.378 e. The number of nitriles is 1. The number of likely N-dealkylation sites (tertiary alicyclic amines) is 1. The largest absolute Gasteiger partial charge is 0.378 e. The highest BCUT2D eigenvalue weighted by Gasteiger charge is 2.29. The van der Waals surface area contributed by atoms with Crippen molar-refractivity contribution in [2.75, 3.05) is 58.3 Å². The number of carbonyl (C=O) groups excluding carboxylic acids is 1. The van der Waals surface area contributed by atoms with Crippen LogP contribution < -0.4 is 4.90 Å². The first-order valence-corrected chi connectivity index (χ1v) is 11.6. The third-order valence-corrected chi connectivity index (χ3v) is 6.77. The highest BCUT2D eigenvalue weighted by Crippen LogP contribution is 2.21. The van der Waals surface area contributed by atoms with E-state index in [4.69, 9.17) is 5.26 Å². The monoisotopic (exact) mass is 431 g/mol. The van der Waals surface area contributed by atoms with Crippen molar-refractivity contribution in [2.45, 2.75) is 25.4 Å². The fraction of sp³-hybridized carbons (Fsp3) is 0.462. The van der Waals surface area contributed by atoms with Gasteiger partial charge in [-0.25, -0.2) is 0 Å². The molecule has 0 radical (unpaired) electrons. The van der Waals surface area contributed by atoms with Gasteiger partial charge < -0.3 is 9.80 Å². The molecule has 0 spiro atoms. The van der Waals surface area contributed by atoms with Gasteiger partial charge in [0.15, 0.2) is 0 Å². The van der Waals surface area contributed by atoms with E-state index in [-0.39, 0.29) is 5.91 Å². The summed E-state index contributed by atoms with van der Waals surface area (Å²) in [5.74, 6) is 0.143. The maximum atomic E-state index is 12.9. The molecular weight excluding hydrogens is 398 g/mol. The number of piperazine rings is 1. The van der Waals surface area contributed by atoms with Gasteiger partial charge in [-0.05, 0) is 67.9 Å². The van der Waals surface area contributed by atoms with Crippen LogP contribution in [0.5, 0.6) is 0 Å². The quantitative estimate of drug-likeness (QED) is 0.728. The first-order valence-electron chi connectivity index (χ1n) is 11.6. The van der Waals surface area contributed by atoms with Crippen molar-refractivity contribution in [3.05, 3.63) is 65.2 Å².